The molecular weight excluding hydrogens is 356 g/mol. The molecule has 0 radical (unpaired) electrons. The second-order valence-corrected chi connectivity index (χ2v) is 8.07. The fraction of sp³-hybridized carbons (Fsp3) is 0.471. The number of nitrogens with one attached hydrogen (secondary N) is 1. The summed E-state index contributed by atoms with van der Waals surface area (Å²) in [7, 11) is 1.78. The molecule has 0 aliphatic carbocycles. The third kappa shape index (κ3) is 5.91. The first-order valence-corrected chi connectivity index (χ1v) is 9.91. The van der Waals surface area contributed by atoms with E-state index in [4.69, 9.17) is 5.73 Å². The highest BCUT2D eigenvalue weighted by Crippen LogP contribution is 2.18. The molecule has 2 rings (SSSR count). The van der Waals surface area contributed by atoms with Crippen LogP contribution in [0.15, 0.2) is 22.9 Å². The SMILES string of the molecule is CC(C)C(N)CCN(C)C(=O)Cc1csc(NC(=O)c2cccs2)n1. The van der Waals surface area contributed by atoms with Crippen molar-refractivity contribution in [2.24, 2.45) is 11.7 Å². The molecule has 25 heavy (non-hydrogen) atoms. The summed E-state index contributed by atoms with van der Waals surface area (Å²) in [6.07, 6.45) is 0.998. The molecular formula is C17H24N4O2S2. The summed E-state index contributed by atoms with van der Waals surface area (Å²) in [6, 6.07) is 3.68. The molecule has 0 aliphatic heterocycles. The van der Waals surface area contributed by atoms with E-state index in [-0.39, 0.29) is 24.3 Å². The van der Waals surface area contributed by atoms with Gasteiger partial charge in [-0.25, -0.2) is 4.98 Å². The molecule has 8 heteroatoms. The minimum Gasteiger partial charge on any atom is -0.345 e. The lowest BCUT2D eigenvalue weighted by Crippen LogP contribution is -2.35. The van der Waals surface area contributed by atoms with Crippen LogP contribution in [0.25, 0.3) is 0 Å². The van der Waals surface area contributed by atoms with Gasteiger partial charge in [0.1, 0.15) is 0 Å². The smallest absolute Gasteiger partial charge is 0.267 e. The van der Waals surface area contributed by atoms with Crippen LogP contribution in [0.2, 0.25) is 0 Å². The Bertz CT molecular complexity index is 697. The molecule has 0 saturated heterocycles. The predicted molar refractivity (Wildman–Crippen MR) is 103 cm³/mol. The van der Waals surface area contributed by atoms with Gasteiger partial charge in [-0.1, -0.05) is 19.9 Å². The highest BCUT2D eigenvalue weighted by molar-refractivity contribution is 7.14. The second kappa shape index (κ2) is 9.07. The van der Waals surface area contributed by atoms with Crippen LogP contribution in [-0.2, 0) is 11.2 Å². The van der Waals surface area contributed by atoms with E-state index in [0.29, 0.717) is 28.2 Å². The Labute approximate surface area is 156 Å². The molecule has 0 spiro atoms. The van der Waals surface area contributed by atoms with Crippen molar-refractivity contribution >= 4 is 39.6 Å². The standard InChI is InChI=1S/C17H24N4O2S2/c1-11(2)13(18)6-7-21(3)15(22)9-12-10-25-17(19-12)20-16(23)14-5-4-8-24-14/h4-5,8,10-11,13H,6-7,9,18H2,1-3H3,(H,19,20,23). The van der Waals surface area contributed by atoms with Crippen molar-refractivity contribution in [2.45, 2.75) is 32.7 Å². The molecule has 3 N–H and O–H groups in total. The van der Waals surface area contributed by atoms with Crippen molar-refractivity contribution < 1.29 is 9.59 Å². The van der Waals surface area contributed by atoms with Gasteiger partial charge in [-0.15, -0.1) is 22.7 Å². The van der Waals surface area contributed by atoms with Crippen LogP contribution in [0.3, 0.4) is 0 Å². The van der Waals surface area contributed by atoms with Crippen molar-refractivity contribution in [3.8, 4) is 0 Å². The number of thiazole rings is 1. The highest BCUT2D eigenvalue weighted by atomic mass is 32.1. The first kappa shape index (κ1) is 19.6. The minimum absolute atomic E-state index is 0.00242. The van der Waals surface area contributed by atoms with Crippen LogP contribution in [-0.4, -0.2) is 41.3 Å². The molecule has 6 nitrogen and oxygen atoms in total. The Morgan fingerprint density at radius 3 is 2.76 bits per heavy atom. The molecule has 1 unspecified atom stereocenters. The van der Waals surface area contributed by atoms with Gasteiger partial charge < -0.3 is 10.6 Å². The van der Waals surface area contributed by atoms with Crippen LogP contribution in [0.4, 0.5) is 5.13 Å². The Morgan fingerprint density at radius 2 is 2.12 bits per heavy atom. The summed E-state index contributed by atoms with van der Waals surface area (Å²) >= 11 is 2.70. The third-order valence-electron chi connectivity index (χ3n) is 3.93. The lowest BCUT2D eigenvalue weighted by Gasteiger charge is -2.21. The lowest BCUT2D eigenvalue weighted by atomic mass is 10.0. The fourth-order valence-electron chi connectivity index (χ4n) is 2.10. The summed E-state index contributed by atoms with van der Waals surface area (Å²) in [5.74, 6) is 0.218. The maximum Gasteiger partial charge on any atom is 0.267 e. The number of nitrogens with zero attached hydrogens (tertiary/aromatic N) is 2. The van der Waals surface area contributed by atoms with E-state index in [9.17, 15) is 9.59 Å². The summed E-state index contributed by atoms with van der Waals surface area (Å²) in [6.45, 7) is 4.78. The maximum absolute atomic E-state index is 12.3. The molecule has 0 aliphatic rings. The summed E-state index contributed by atoms with van der Waals surface area (Å²) in [4.78, 5) is 30.9. The number of anilines is 1. The Hall–Kier alpha value is -1.77. The number of likely N-dealkylation sites (N-methyl/N-ethyl adjacent to an activating group) is 1. The quantitative estimate of drug-likeness (QED) is 0.737. The summed E-state index contributed by atoms with van der Waals surface area (Å²) in [5, 5.41) is 6.91. The van der Waals surface area contributed by atoms with Crippen molar-refractivity contribution in [3.63, 3.8) is 0 Å². The zero-order valence-corrected chi connectivity index (χ0v) is 16.3. The molecule has 0 fully saturated rings. The van der Waals surface area contributed by atoms with Crippen molar-refractivity contribution in [3.05, 3.63) is 33.5 Å². The average Bonchev–Trinajstić information content (AvgIpc) is 3.23. The molecule has 2 aromatic heterocycles. The van der Waals surface area contributed by atoms with Gasteiger partial charge >= 0.3 is 0 Å². The van der Waals surface area contributed by atoms with Gasteiger partial charge in [-0.2, -0.15) is 0 Å². The molecule has 2 heterocycles. The number of amides is 2. The molecule has 0 saturated carbocycles. The van der Waals surface area contributed by atoms with Gasteiger partial charge in [0, 0.05) is 25.0 Å². The van der Waals surface area contributed by atoms with Crippen molar-refractivity contribution in [2.75, 3.05) is 18.9 Å². The van der Waals surface area contributed by atoms with E-state index < -0.39 is 0 Å². The Morgan fingerprint density at radius 1 is 1.36 bits per heavy atom. The van der Waals surface area contributed by atoms with E-state index in [1.54, 1.807) is 23.4 Å². The normalized spacial score (nSPS) is 12.2. The molecule has 0 aromatic carbocycles. The number of carbonyl (C=O) groups excluding carboxylic acids is 2. The fourth-order valence-corrected chi connectivity index (χ4v) is 3.43. The number of hydrogen-bond donors (Lipinski definition) is 2. The van der Waals surface area contributed by atoms with Gasteiger partial charge in [-0.05, 0) is 23.8 Å². The minimum atomic E-state index is -0.179. The maximum atomic E-state index is 12.3. The number of hydrogen-bond acceptors (Lipinski definition) is 6. The van der Waals surface area contributed by atoms with E-state index in [1.165, 1.54) is 22.7 Å². The zero-order valence-electron chi connectivity index (χ0n) is 14.7. The van der Waals surface area contributed by atoms with Crippen molar-refractivity contribution in [1.29, 1.82) is 0 Å². The largest absolute Gasteiger partial charge is 0.345 e. The van der Waals surface area contributed by atoms with Gasteiger partial charge in [0.2, 0.25) is 5.91 Å². The summed E-state index contributed by atoms with van der Waals surface area (Å²) < 4.78 is 0. The van der Waals surface area contributed by atoms with Gasteiger partial charge in [0.25, 0.3) is 5.91 Å². The number of carbonyl (C=O) groups is 2. The lowest BCUT2D eigenvalue weighted by molar-refractivity contribution is -0.129. The van der Waals surface area contributed by atoms with E-state index in [2.05, 4.69) is 24.1 Å². The Balaban J connectivity index is 1.83. The number of aromatic nitrogens is 1. The highest BCUT2D eigenvalue weighted by Gasteiger charge is 2.15. The van der Waals surface area contributed by atoms with Crippen LogP contribution in [0, 0.1) is 5.92 Å². The van der Waals surface area contributed by atoms with Crippen LogP contribution < -0.4 is 11.1 Å². The van der Waals surface area contributed by atoms with Gasteiger partial charge in [-0.3, -0.25) is 14.9 Å². The second-order valence-electron chi connectivity index (χ2n) is 6.26. The molecule has 2 aromatic rings. The van der Waals surface area contributed by atoms with Gasteiger partial charge in [0.05, 0.1) is 17.0 Å². The van der Waals surface area contributed by atoms with Crippen LogP contribution >= 0.6 is 22.7 Å². The molecule has 2 amide bonds. The number of rotatable bonds is 8. The van der Waals surface area contributed by atoms with Crippen LogP contribution in [0.5, 0.6) is 0 Å². The summed E-state index contributed by atoms with van der Waals surface area (Å²) in [5.41, 5.74) is 6.68. The first-order chi connectivity index (χ1) is 11.9. The molecule has 0 bridgehead atoms. The van der Waals surface area contributed by atoms with E-state index in [1.807, 2.05) is 11.4 Å². The molecule has 1 atom stereocenters. The number of nitrogens with two attached hydrogens (primary N) is 1. The average molecular weight is 381 g/mol. The van der Waals surface area contributed by atoms with Crippen LogP contribution in [0.1, 0.15) is 35.6 Å². The topological polar surface area (TPSA) is 88.3 Å². The zero-order chi connectivity index (χ0) is 18.4. The van der Waals surface area contributed by atoms with Gasteiger partial charge in [0.15, 0.2) is 5.13 Å². The van der Waals surface area contributed by atoms with Crippen molar-refractivity contribution in [1.82, 2.24) is 9.88 Å². The molecule has 136 valence electrons. The van der Waals surface area contributed by atoms with E-state index in [0.717, 1.165) is 6.42 Å². The van der Waals surface area contributed by atoms with E-state index >= 15 is 0 Å². The Kier molecular flexibility index (Phi) is 7.10. The third-order valence-corrected chi connectivity index (χ3v) is 5.60. The first-order valence-electron chi connectivity index (χ1n) is 8.15. The monoisotopic (exact) mass is 380 g/mol. The predicted octanol–water partition coefficient (Wildman–Crippen LogP) is 2.83. The number of thiophene rings is 1.